The van der Waals surface area contributed by atoms with Crippen LogP contribution >= 0.6 is 0 Å². The second-order valence-electron chi connectivity index (χ2n) is 4.29. The highest BCUT2D eigenvalue weighted by Crippen LogP contribution is 2.15. The van der Waals surface area contributed by atoms with Gasteiger partial charge in [-0.2, -0.15) is 0 Å². The molecule has 1 atom stereocenters. The van der Waals surface area contributed by atoms with Crippen LogP contribution in [0.4, 0.5) is 5.95 Å². The molecule has 0 saturated carbocycles. The molecule has 0 saturated heterocycles. The molecule has 15 heavy (non-hydrogen) atoms. The predicted molar refractivity (Wildman–Crippen MR) is 65.2 cm³/mol. The topological polar surface area (TPSA) is 29.9 Å². The maximum Gasteiger partial charge on any atom is 0.203 e. The number of hydrogen-bond donors (Lipinski definition) is 1. The van der Waals surface area contributed by atoms with Crippen LogP contribution in [0.1, 0.15) is 53.0 Å². The third kappa shape index (κ3) is 3.26. The van der Waals surface area contributed by atoms with Gasteiger partial charge in [-0.05, 0) is 26.7 Å². The van der Waals surface area contributed by atoms with E-state index in [4.69, 9.17) is 0 Å². The fraction of sp³-hybridized carbons (Fsp3) is 0.750. The van der Waals surface area contributed by atoms with Gasteiger partial charge < -0.3 is 9.88 Å². The van der Waals surface area contributed by atoms with Gasteiger partial charge in [0, 0.05) is 24.5 Å². The minimum Gasteiger partial charge on any atom is -0.353 e. The zero-order chi connectivity index (χ0) is 11.3. The van der Waals surface area contributed by atoms with Crippen molar-refractivity contribution in [3.8, 4) is 0 Å². The molecule has 86 valence electrons. The summed E-state index contributed by atoms with van der Waals surface area (Å²) in [5, 5.41) is 3.51. The molecule has 1 rings (SSSR count). The van der Waals surface area contributed by atoms with E-state index in [2.05, 4.69) is 42.6 Å². The third-order valence-electron chi connectivity index (χ3n) is 2.69. The number of aromatic nitrogens is 2. The van der Waals surface area contributed by atoms with E-state index in [0.29, 0.717) is 12.1 Å². The molecule has 0 aliphatic rings. The van der Waals surface area contributed by atoms with E-state index in [1.54, 1.807) is 0 Å². The molecular weight excluding hydrogens is 186 g/mol. The molecule has 0 aliphatic carbocycles. The fourth-order valence-electron chi connectivity index (χ4n) is 1.75. The number of imidazole rings is 1. The number of nitrogens with one attached hydrogen (secondary N) is 1. The van der Waals surface area contributed by atoms with Gasteiger partial charge in [-0.25, -0.2) is 4.98 Å². The quantitative estimate of drug-likeness (QED) is 0.777. The molecule has 1 aromatic rings. The van der Waals surface area contributed by atoms with Gasteiger partial charge in [-0.3, -0.25) is 0 Å². The van der Waals surface area contributed by atoms with Gasteiger partial charge in [-0.15, -0.1) is 0 Å². The zero-order valence-corrected chi connectivity index (χ0v) is 10.3. The summed E-state index contributed by atoms with van der Waals surface area (Å²) >= 11 is 0. The molecule has 1 heterocycles. The van der Waals surface area contributed by atoms with Crippen LogP contribution in [0.3, 0.4) is 0 Å². The van der Waals surface area contributed by atoms with Crippen molar-refractivity contribution < 1.29 is 0 Å². The smallest absolute Gasteiger partial charge is 0.203 e. The van der Waals surface area contributed by atoms with E-state index < -0.39 is 0 Å². The molecule has 1 aromatic heterocycles. The van der Waals surface area contributed by atoms with Gasteiger partial charge in [0.15, 0.2) is 0 Å². The standard InChI is InChI=1S/C12H23N3/c1-5-7-11(6-2)14-12-13-8-9-15(12)10(3)4/h8-11H,5-7H2,1-4H3,(H,13,14). The number of rotatable bonds is 6. The Morgan fingerprint density at radius 1 is 1.40 bits per heavy atom. The van der Waals surface area contributed by atoms with Crippen LogP contribution in [0.2, 0.25) is 0 Å². The van der Waals surface area contributed by atoms with E-state index in [-0.39, 0.29) is 0 Å². The SMILES string of the molecule is CCCC(CC)Nc1nccn1C(C)C. The van der Waals surface area contributed by atoms with Gasteiger partial charge in [0.2, 0.25) is 5.95 Å². The van der Waals surface area contributed by atoms with Crippen LogP contribution in [0, 0.1) is 0 Å². The Bertz CT molecular complexity index is 278. The van der Waals surface area contributed by atoms with E-state index in [0.717, 1.165) is 12.4 Å². The van der Waals surface area contributed by atoms with Gasteiger partial charge in [0.05, 0.1) is 0 Å². The summed E-state index contributed by atoms with van der Waals surface area (Å²) in [6.07, 6.45) is 7.47. The maximum absolute atomic E-state index is 4.36. The van der Waals surface area contributed by atoms with Crippen LogP contribution in [0.5, 0.6) is 0 Å². The molecule has 3 heteroatoms. The first-order chi connectivity index (χ1) is 7.19. The Morgan fingerprint density at radius 2 is 2.13 bits per heavy atom. The number of anilines is 1. The lowest BCUT2D eigenvalue weighted by Crippen LogP contribution is -2.21. The van der Waals surface area contributed by atoms with Crippen molar-refractivity contribution in [3.63, 3.8) is 0 Å². The first kappa shape index (κ1) is 12.1. The lowest BCUT2D eigenvalue weighted by atomic mass is 10.1. The molecule has 0 aromatic carbocycles. The Morgan fingerprint density at radius 3 is 2.67 bits per heavy atom. The molecular formula is C12H23N3. The highest BCUT2D eigenvalue weighted by Gasteiger charge is 2.10. The van der Waals surface area contributed by atoms with Gasteiger partial charge in [0.25, 0.3) is 0 Å². The summed E-state index contributed by atoms with van der Waals surface area (Å²) in [7, 11) is 0. The van der Waals surface area contributed by atoms with Gasteiger partial charge in [-0.1, -0.05) is 20.3 Å². The van der Waals surface area contributed by atoms with Crippen molar-refractivity contribution in [1.82, 2.24) is 9.55 Å². The Hall–Kier alpha value is -0.990. The molecule has 0 bridgehead atoms. The highest BCUT2D eigenvalue weighted by molar-refractivity contribution is 5.28. The minimum absolute atomic E-state index is 0.467. The highest BCUT2D eigenvalue weighted by atomic mass is 15.2. The van der Waals surface area contributed by atoms with E-state index in [1.165, 1.54) is 12.8 Å². The lowest BCUT2D eigenvalue weighted by Gasteiger charge is -2.19. The zero-order valence-electron chi connectivity index (χ0n) is 10.3. The molecule has 1 unspecified atom stereocenters. The summed E-state index contributed by atoms with van der Waals surface area (Å²) in [6, 6.07) is 1.02. The number of nitrogens with zero attached hydrogens (tertiary/aromatic N) is 2. The molecule has 1 N–H and O–H groups in total. The average Bonchev–Trinajstić information content (AvgIpc) is 2.65. The summed E-state index contributed by atoms with van der Waals surface area (Å²) in [5.74, 6) is 1.00. The van der Waals surface area contributed by atoms with Crippen molar-refractivity contribution >= 4 is 5.95 Å². The van der Waals surface area contributed by atoms with E-state index in [9.17, 15) is 0 Å². The van der Waals surface area contributed by atoms with Crippen LogP contribution in [-0.2, 0) is 0 Å². The lowest BCUT2D eigenvalue weighted by molar-refractivity contribution is 0.576. The van der Waals surface area contributed by atoms with Crippen molar-refractivity contribution in [2.45, 2.75) is 59.0 Å². The molecule has 0 amide bonds. The number of hydrogen-bond acceptors (Lipinski definition) is 2. The van der Waals surface area contributed by atoms with Crippen LogP contribution in [0.25, 0.3) is 0 Å². The van der Waals surface area contributed by atoms with Gasteiger partial charge >= 0.3 is 0 Å². The summed E-state index contributed by atoms with van der Waals surface area (Å²) in [6.45, 7) is 8.79. The molecule has 0 aliphatic heterocycles. The second-order valence-corrected chi connectivity index (χ2v) is 4.29. The molecule has 3 nitrogen and oxygen atoms in total. The fourth-order valence-corrected chi connectivity index (χ4v) is 1.75. The minimum atomic E-state index is 0.467. The van der Waals surface area contributed by atoms with Crippen molar-refractivity contribution in [2.75, 3.05) is 5.32 Å². The largest absolute Gasteiger partial charge is 0.353 e. The molecule has 0 fully saturated rings. The Labute approximate surface area is 92.9 Å². The summed E-state index contributed by atoms with van der Waals surface area (Å²) in [5.41, 5.74) is 0. The van der Waals surface area contributed by atoms with Crippen molar-refractivity contribution in [2.24, 2.45) is 0 Å². The molecule has 0 spiro atoms. The monoisotopic (exact) mass is 209 g/mol. The van der Waals surface area contributed by atoms with Crippen molar-refractivity contribution in [3.05, 3.63) is 12.4 Å². The normalized spacial score (nSPS) is 13.1. The van der Waals surface area contributed by atoms with Crippen LogP contribution in [0.15, 0.2) is 12.4 Å². The first-order valence-corrected chi connectivity index (χ1v) is 5.98. The third-order valence-corrected chi connectivity index (χ3v) is 2.69. The van der Waals surface area contributed by atoms with Crippen molar-refractivity contribution in [1.29, 1.82) is 0 Å². The maximum atomic E-state index is 4.36. The Balaban J connectivity index is 2.65. The van der Waals surface area contributed by atoms with E-state index in [1.807, 2.05) is 12.4 Å². The Kier molecular flexibility index (Phi) is 4.66. The summed E-state index contributed by atoms with van der Waals surface area (Å²) in [4.78, 5) is 4.36. The second kappa shape index (κ2) is 5.79. The first-order valence-electron chi connectivity index (χ1n) is 5.98. The predicted octanol–water partition coefficient (Wildman–Crippen LogP) is 3.45. The average molecular weight is 209 g/mol. The van der Waals surface area contributed by atoms with Gasteiger partial charge in [0.1, 0.15) is 0 Å². The van der Waals surface area contributed by atoms with E-state index >= 15 is 0 Å². The van der Waals surface area contributed by atoms with Crippen LogP contribution < -0.4 is 5.32 Å². The summed E-state index contributed by atoms with van der Waals surface area (Å²) < 4.78 is 2.18. The van der Waals surface area contributed by atoms with Crippen LogP contribution in [-0.4, -0.2) is 15.6 Å². The molecule has 0 radical (unpaired) electrons.